The fourth-order valence-electron chi connectivity index (χ4n) is 3.78. The van der Waals surface area contributed by atoms with Crippen molar-refractivity contribution in [2.24, 2.45) is 0 Å². The van der Waals surface area contributed by atoms with Crippen molar-refractivity contribution >= 4 is 34.8 Å². The second-order valence-electron chi connectivity index (χ2n) is 8.01. The molecular weight excluding hydrogens is 438 g/mol. The standard InChI is InChI=1S/C25H31N3O4S/c1-28(22-11-7-6-10-21(22)24(30)26-19-8-4-3-5-9-19)25(33)27-23(29)18-12-14-20(15-13-18)32-17-16-31-2/h6-7,10-15,19H,3-5,8-9,16-17H2,1-2H3,(H,26,30)(H,27,29,33). The van der Waals surface area contributed by atoms with Crippen LogP contribution < -0.4 is 20.3 Å². The molecule has 0 aliphatic heterocycles. The van der Waals surface area contributed by atoms with Crippen molar-refractivity contribution in [2.75, 3.05) is 32.3 Å². The number of nitrogens with one attached hydrogen (secondary N) is 2. The molecule has 2 amide bonds. The van der Waals surface area contributed by atoms with E-state index in [1.165, 1.54) is 6.42 Å². The van der Waals surface area contributed by atoms with Crippen LogP contribution >= 0.6 is 12.2 Å². The Bertz CT molecular complexity index is 958. The van der Waals surface area contributed by atoms with Gasteiger partial charge in [0, 0.05) is 25.8 Å². The highest BCUT2D eigenvalue weighted by Gasteiger charge is 2.21. The summed E-state index contributed by atoms with van der Waals surface area (Å²) in [4.78, 5) is 27.3. The minimum absolute atomic E-state index is 0.123. The topological polar surface area (TPSA) is 79.9 Å². The van der Waals surface area contributed by atoms with E-state index in [0.717, 1.165) is 25.7 Å². The summed E-state index contributed by atoms with van der Waals surface area (Å²) in [5.74, 6) is 0.197. The molecule has 1 aliphatic rings. The third kappa shape index (κ3) is 7.00. The van der Waals surface area contributed by atoms with E-state index in [9.17, 15) is 9.59 Å². The first-order chi connectivity index (χ1) is 16.0. The largest absolute Gasteiger partial charge is 0.491 e. The molecule has 1 saturated carbocycles. The Labute approximate surface area is 200 Å². The smallest absolute Gasteiger partial charge is 0.257 e. The Morgan fingerprint density at radius 3 is 2.39 bits per heavy atom. The normalized spacial score (nSPS) is 13.8. The minimum Gasteiger partial charge on any atom is -0.491 e. The first kappa shape index (κ1) is 24.7. The zero-order chi connectivity index (χ0) is 23.6. The van der Waals surface area contributed by atoms with Crippen LogP contribution in [0.1, 0.15) is 52.8 Å². The van der Waals surface area contributed by atoms with E-state index in [1.54, 1.807) is 49.4 Å². The number of anilines is 1. The lowest BCUT2D eigenvalue weighted by atomic mass is 9.95. The van der Waals surface area contributed by atoms with Crippen molar-refractivity contribution in [2.45, 2.75) is 38.1 Å². The fourth-order valence-corrected chi connectivity index (χ4v) is 3.97. The average Bonchev–Trinajstić information content (AvgIpc) is 2.84. The summed E-state index contributed by atoms with van der Waals surface area (Å²) in [7, 11) is 3.35. The molecule has 2 aromatic carbocycles. The summed E-state index contributed by atoms with van der Waals surface area (Å²) in [6.45, 7) is 0.924. The van der Waals surface area contributed by atoms with E-state index in [1.807, 2.05) is 18.2 Å². The summed E-state index contributed by atoms with van der Waals surface area (Å²) in [6, 6.07) is 14.3. The lowest BCUT2D eigenvalue weighted by Crippen LogP contribution is -2.42. The number of hydrogen-bond acceptors (Lipinski definition) is 5. The number of para-hydroxylation sites is 1. The molecule has 0 radical (unpaired) electrons. The van der Waals surface area contributed by atoms with Gasteiger partial charge in [-0.15, -0.1) is 0 Å². The number of carbonyl (C=O) groups excluding carboxylic acids is 2. The monoisotopic (exact) mass is 469 g/mol. The van der Waals surface area contributed by atoms with Crippen molar-refractivity contribution in [3.63, 3.8) is 0 Å². The summed E-state index contributed by atoms with van der Waals surface area (Å²) in [5, 5.41) is 6.09. The highest BCUT2D eigenvalue weighted by molar-refractivity contribution is 7.80. The average molecular weight is 470 g/mol. The Morgan fingerprint density at radius 2 is 1.70 bits per heavy atom. The molecule has 2 N–H and O–H groups in total. The van der Waals surface area contributed by atoms with Crippen molar-refractivity contribution in [1.29, 1.82) is 0 Å². The summed E-state index contributed by atoms with van der Waals surface area (Å²) < 4.78 is 10.5. The maximum atomic E-state index is 12.9. The number of carbonyl (C=O) groups is 2. The predicted molar refractivity (Wildman–Crippen MR) is 133 cm³/mol. The number of ether oxygens (including phenoxy) is 2. The molecule has 8 heteroatoms. The number of nitrogens with zero attached hydrogens (tertiary/aromatic N) is 1. The number of methoxy groups -OCH3 is 1. The molecule has 0 unspecified atom stereocenters. The molecule has 0 saturated heterocycles. The number of benzene rings is 2. The zero-order valence-electron chi connectivity index (χ0n) is 19.1. The molecule has 7 nitrogen and oxygen atoms in total. The summed E-state index contributed by atoms with van der Waals surface area (Å²) in [5.41, 5.74) is 1.62. The molecule has 3 rings (SSSR count). The molecule has 0 heterocycles. The Hall–Kier alpha value is -2.97. The van der Waals surface area contributed by atoms with E-state index in [4.69, 9.17) is 21.7 Å². The van der Waals surface area contributed by atoms with Crippen molar-refractivity contribution in [1.82, 2.24) is 10.6 Å². The molecule has 2 aromatic rings. The SMILES string of the molecule is COCCOc1ccc(C(=O)NC(=S)N(C)c2ccccc2C(=O)NC2CCCCC2)cc1. The van der Waals surface area contributed by atoms with Gasteiger partial charge in [-0.3, -0.25) is 14.9 Å². The van der Waals surface area contributed by atoms with Crippen LogP contribution in [-0.4, -0.2) is 50.3 Å². The van der Waals surface area contributed by atoms with Crippen molar-refractivity contribution in [3.05, 3.63) is 59.7 Å². The van der Waals surface area contributed by atoms with Crippen LogP contribution in [0.4, 0.5) is 5.69 Å². The van der Waals surface area contributed by atoms with Gasteiger partial charge in [-0.25, -0.2) is 0 Å². The zero-order valence-corrected chi connectivity index (χ0v) is 20.0. The van der Waals surface area contributed by atoms with Gasteiger partial charge in [-0.2, -0.15) is 0 Å². The quantitative estimate of drug-likeness (QED) is 0.451. The highest BCUT2D eigenvalue weighted by atomic mass is 32.1. The highest BCUT2D eigenvalue weighted by Crippen LogP contribution is 2.22. The molecule has 0 aromatic heterocycles. The first-order valence-corrected chi connectivity index (χ1v) is 11.6. The van der Waals surface area contributed by atoms with Crippen LogP contribution in [0.2, 0.25) is 0 Å². The third-order valence-corrected chi connectivity index (χ3v) is 6.02. The van der Waals surface area contributed by atoms with Crippen molar-refractivity contribution < 1.29 is 19.1 Å². The fraction of sp³-hybridized carbons (Fsp3) is 0.400. The van der Waals surface area contributed by atoms with Crippen LogP contribution in [-0.2, 0) is 4.74 Å². The second-order valence-corrected chi connectivity index (χ2v) is 8.40. The Morgan fingerprint density at radius 1 is 1.00 bits per heavy atom. The van der Waals surface area contributed by atoms with Crippen LogP contribution in [0.5, 0.6) is 5.75 Å². The van der Waals surface area contributed by atoms with Gasteiger partial charge in [0.2, 0.25) is 0 Å². The molecule has 0 bridgehead atoms. The molecule has 1 fully saturated rings. The predicted octanol–water partition coefficient (Wildman–Crippen LogP) is 3.93. The van der Waals surface area contributed by atoms with Crippen LogP contribution in [0.15, 0.2) is 48.5 Å². The van der Waals surface area contributed by atoms with E-state index >= 15 is 0 Å². The van der Waals surface area contributed by atoms with Crippen LogP contribution in [0.25, 0.3) is 0 Å². The third-order valence-electron chi connectivity index (χ3n) is 5.65. The maximum absolute atomic E-state index is 12.9. The molecular formula is C25H31N3O4S. The molecule has 176 valence electrons. The number of amides is 2. The second kappa shape index (κ2) is 12.3. The molecule has 33 heavy (non-hydrogen) atoms. The van der Waals surface area contributed by atoms with E-state index in [2.05, 4.69) is 10.6 Å². The molecule has 0 spiro atoms. The van der Waals surface area contributed by atoms with Gasteiger partial charge in [0.1, 0.15) is 12.4 Å². The van der Waals surface area contributed by atoms with Gasteiger partial charge in [0.25, 0.3) is 11.8 Å². The number of thiocarbonyl (C=S) groups is 1. The number of hydrogen-bond donors (Lipinski definition) is 2. The lowest BCUT2D eigenvalue weighted by molar-refractivity contribution is 0.0927. The van der Waals surface area contributed by atoms with Gasteiger partial charge in [0.15, 0.2) is 5.11 Å². The molecule has 0 atom stereocenters. The number of rotatable bonds is 8. The lowest BCUT2D eigenvalue weighted by Gasteiger charge is -2.26. The van der Waals surface area contributed by atoms with E-state index in [-0.39, 0.29) is 23.0 Å². The van der Waals surface area contributed by atoms with Gasteiger partial charge in [-0.1, -0.05) is 31.4 Å². The van der Waals surface area contributed by atoms with Gasteiger partial charge < -0.3 is 19.7 Å². The van der Waals surface area contributed by atoms with Gasteiger partial charge >= 0.3 is 0 Å². The minimum atomic E-state index is -0.334. The Balaban J connectivity index is 1.62. The summed E-state index contributed by atoms with van der Waals surface area (Å²) in [6.07, 6.45) is 5.53. The van der Waals surface area contributed by atoms with E-state index < -0.39 is 0 Å². The van der Waals surface area contributed by atoms with Crippen molar-refractivity contribution in [3.8, 4) is 5.75 Å². The van der Waals surface area contributed by atoms with Crippen LogP contribution in [0, 0.1) is 0 Å². The van der Waals surface area contributed by atoms with Crippen LogP contribution in [0.3, 0.4) is 0 Å². The maximum Gasteiger partial charge on any atom is 0.257 e. The van der Waals surface area contributed by atoms with Gasteiger partial charge in [0.05, 0.1) is 17.9 Å². The Kier molecular flexibility index (Phi) is 9.21. The van der Waals surface area contributed by atoms with Gasteiger partial charge in [-0.05, 0) is 61.5 Å². The first-order valence-electron chi connectivity index (χ1n) is 11.2. The summed E-state index contributed by atoms with van der Waals surface area (Å²) >= 11 is 5.46. The van der Waals surface area contributed by atoms with E-state index in [0.29, 0.717) is 35.8 Å². The molecule has 1 aliphatic carbocycles.